The Morgan fingerprint density at radius 1 is 1.00 bits per heavy atom. The van der Waals surface area contributed by atoms with Gasteiger partial charge in [0.05, 0.1) is 0 Å². The molecular weight excluding hydrogens is 212 g/mol. The second-order valence-corrected chi connectivity index (χ2v) is 4.61. The first kappa shape index (κ1) is 14.0. The molecule has 96 valence electrons. The van der Waals surface area contributed by atoms with Crippen molar-refractivity contribution in [3.63, 3.8) is 0 Å². The number of rotatable bonds is 9. The van der Waals surface area contributed by atoms with Gasteiger partial charge in [0.25, 0.3) is 0 Å². The Labute approximate surface area is 104 Å². The van der Waals surface area contributed by atoms with Crippen LogP contribution in [0.3, 0.4) is 0 Å². The van der Waals surface area contributed by atoms with Crippen molar-refractivity contribution in [2.75, 3.05) is 0 Å². The number of hydrogen-bond acceptors (Lipinski definition) is 2. The predicted molar refractivity (Wildman–Crippen MR) is 70.2 cm³/mol. The van der Waals surface area contributed by atoms with E-state index in [0.29, 0.717) is 18.6 Å². The van der Waals surface area contributed by atoms with Gasteiger partial charge >= 0.3 is 0 Å². The molecule has 0 aliphatic heterocycles. The highest BCUT2D eigenvalue weighted by atomic mass is 16.3. The van der Waals surface area contributed by atoms with Crippen LogP contribution < -0.4 is 0 Å². The third-order valence-electron chi connectivity index (χ3n) is 2.92. The summed E-state index contributed by atoms with van der Waals surface area (Å²) in [5, 5.41) is 0. The van der Waals surface area contributed by atoms with Gasteiger partial charge in [0, 0.05) is 25.7 Å². The van der Waals surface area contributed by atoms with Gasteiger partial charge in [-0.1, -0.05) is 26.7 Å². The molecule has 1 aromatic rings. The fourth-order valence-corrected chi connectivity index (χ4v) is 1.91. The summed E-state index contributed by atoms with van der Waals surface area (Å²) in [6.45, 7) is 4.24. The molecule has 0 unspecified atom stereocenters. The average Bonchev–Trinajstić information content (AvgIpc) is 2.75. The molecule has 0 bridgehead atoms. The molecule has 0 aromatic carbocycles. The Hall–Kier alpha value is -1.05. The molecule has 1 heterocycles. The minimum absolute atomic E-state index is 0.344. The molecule has 0 saturated carbocycles. The highest BCUT2D eigenvalue weighted by Gasteiger charge is 2.05. The number of Topliss-reactive ketones (excluding diaryl/α,β-unsaturated/α-hetero) is 1. The summed E-state index contributed by atoms with van der Waals surface area (Å²) >= 11 is 0. The van der Waals surface area contributed by atoms with Crippen molar-refractivity contribution in [2.24, 2.45) is 0 Å². The minimum atomic E-state index is 0.344. The van der Waals surface area contributed by atoms with Crippen LogP contribution in [-0.4, -0.2) is 5.78 Å². The predicted octanol–water partition coefficient (Wildman–Crippen LogP) is 4.31. The van der Waals surface area contributed by atoms with Crippen molar-refractivity contribution >= 4 is 5.78 Å². The molecule has 1 rings (SSSR count). The van der Waals surface area contributed by atoms with Gasteiger partial charge in [0.15, 0.2) is 0 Å². The number of carbonyl (C=O) groups is 1. The van der Waals surface area contributed by atoms with E-state index in [4.69, 9.17) is 4.42 Å². The van der Waals surface area contributed by atoms with E-state index in [1.54, 1.807) is 0 Å². The molecule has 17 heavy (non-hydrogen) atoms. The van der Waals surface area contributed by atoms with Crippen LogP contribution in [0.5, 0.6) is 0 Å². The van der Waals surface area contributed by atoms with Crippen molar-refractivity contribution in [1.82, 2.24) is 0 Å². The van der Waals surface area contributed by atoms with Crippen molar-refractivity contribution in [3.8, 4) is 0 Å². The van der Waals surface area contributed by atoms with Crippen molar-refractivity contribution < 1.29 is 9.21 Å². The first-order chi connectivity index (χ1) is 8.26. The van der Waals surface area contributed by atoms with E-state index in [1.165, 1.54) is 19.3 Å². The zero-order valence-electron chi connectivity index (χ0n) is 11.1. The van der Waals surface area contributed by atoms with E-state index in [0.717, 1.165) is 30.8 Å². The van der Waals surface area contributed by atoms with Gasteiger partial charge in [0.1, 0.15) is 17.3 Å². The molecule has 0 fully saturated rings. The number of carbonyl (C=O) groups excluding carboxylic acids is 1. The lowest BCUT2D eigenvalue weighted by molar-refractivity contribution is -0.119. The highest BCUT2D eigenvalue weighted by Crippen LogP contribution is 2.13. The van der Waals surface area contributed by atoms with Crippen LogP contribution in [0.25, 0.3) is 0 Å². The van der Waals surface area contributed by atoms with Gasteiger partial charge in [-0.05, 0) is 25.0 Å². The van der Waals surface area contributed by atoms with Crippen molar-refractivity contribution in [1.29, 1.82) is 0 Å². The van der Waals surface area contributed by atoms with Crippen LogP contribution in [0.4, 0.5) is 0 Å². The highest BCUT2D eigenvalue weighted by molar-refractivity contribution is 5.78. The Kier molecular flexibility index (Phi) is 6.68. The summed E-state index contributed by atoms with van der Waals surface area (Å²) in [4.78, 5) is 11.4. The smallest absolute Gasteiger partial charge is 0.133 e. The summed E-state index contributed by atoms with van der Waals surface area (Å²) in [6, 6.07) is 4.07. The van der Waals surface area contributed by atoms with Crippen molar-refractivity contribution in [3.05, 3.63) is 23.7 Å². The Balaban J connectivity index is 2.27. The maximum absolute atomic E-state index is 11.4. The van der Waals surface area contributed by atoms with Gasteiger partial charge in [-0.25, -0.2) is 0 Å². The quantitative estimate of drug-likeness (QED) is 0.598. The lowest BCUT2D eigenvalue weighted by Crippen LogP contribution is -1.98. The normalized spacial score (nSPS) is 10.7. The summed E-state index contributed by atoms with van der Waals surface area (Å²) in [5.74, 6) is 2.37. The minimum Gasteiger partial charge on any atom is -0.466 e. The molecular formula is C15H24O2. The summed E-state index contributed by atoms with van der Waals surface area (Å²) in [7, 11) is 0. The van der Waals surface area contributed by atoms with Gasteiger partial charge in [-0.2, -0.15) is 0 Å². The van der Waals surface area contributed by atoms with Crippen LogP contribution in [0.2, 0.25) is 0 Å². The fraction of sp³-hybridized carbons (Fsp3) is 0.667. The summed E-state index contributed by atoms with van der Waals surface area (Å²) < 4.78 is 5.71. The van der Waals surface area contributed by atoms with Crippen LogP contribution >= 0.6 is 0 Å². The Morgan fingerprint density at radius 3 is 2.35 bits per heavy atom. The van der Waals surface area contributed by atoms with E-state index >= 15 is 0 Å². The van der Waals surface area contributed by atoms with Gasteiger partial charge in [0.2, 0.25) is 0 Å². The SMILES string of the molecule is CCCCCc1ccc(CCC(=O)CCC)o1. The van der Waals surface area contributed by atoms with Crippen molar-refractivity contribution in [2.45, 2.75) is 65.2 Å². The maximum Gasteiger partial charge on any atom is 0.133 e. The number of furan rings is 1. The first-order valence-corrected chi connectivity index (χ1v) is 6.85. The largest absolute Gasteiger partial charge is 0.466 e. The van der Waals surface area contributed by atoms with E-state index in [2.05, 4.69) is 13.0 Å². The number of hydrogen-bond donors (Lipinski definition) is 0. The maximum atomic E-state index is 11.4. The molecule has 2 nitrogen and oxygen atoms in total. The van der Waals surface area contributed by atoms with Crippen LogP contribution in [-0.2, 0) is 17.6 Å². The van der Waals surface area contributed by atoms with E-state index < -0.39 is 0 Å². The molecule has 0 aliphatic rings. The third kappa shape index (κ3) is 5.71. The zero-order chi connectivity index (χ0) is 12.5. The Bertz CT molecular complexity index is 325. The fourth-order valence-electron chi connectivity index (χ4n) is 1.91. The lowest BCUT2D eigenvalue weighted by atomic mass is 10.1. The van der Waals surface area contributed by atoms with Gasteiger partial charge in [-0.3, -0.25) is 4.79 Å². The molecule has 0 saturated heterocycles. The van der Waals surface area contributed by atoms with Gasteiger partial charge < -0.3 is 4.42 Å². The zero-order valence-corrected chi connectivity index (χ0v) is 11.1. The second kappa shape index (κ2) is 8.10. The first-order valence-electron chi connectivity index (χ1n) is 6.85. The van der Waals surface area contributed by atoms with Gasteiger partial charge in [-0.15, -0.1) is 0 Å². The molecule has 0 atom stereocenters. The molecule has 0 N–H and O–H groups in total. The lowest BCUT2D eigenvalue weighted by Gasteiger charge is -1.98. The van der Waals surface area contributed by atoms with Crippen LogP contribution in [0.15, 0.2) is 16.5 Å². The average molecular weight is 236 g/mol. The van der Waals surface area contributed by atoms with Crippen LogP contribution in [0.1, 0.15) is 63.9 Å². The summed E-state index contributed by atoms with van der Waals surface area (Å²) in [5.41, 5.74) is 0. The monoisotopic (exact) mass is 236 g/mol. The Morgan fingerprint density at radius 2 is 1.71 bits per heavy atom. The number of ketones is 1. The second-order valence-electron chi connectivity index (χ2n) is 4.61. The molecule has 0 aliphatic carbocycles. The number of unbranched alkanes of at least 4 members (excludes halogenated alkanes) is 2. The van der Waals surface area contributed by atoms with E-state index in [1.807, 2.05) is 13.0 Å². The third-order valence-corrected chi connectivity index (χ3v) is 2.92. The number of aryl methyl sites for hydroxylation is 2. The van der Waals surface area contributed by atoms with Crippen LogP contribution in [0, 0.1) is 0 Å². The molecule has 1 aromatic heterocycles. The molecule has 0 radical (unpaired) electrons. The standard InChI is InChI=1S/C15H24O2/c1-3-5-6-8-14-11-12-15(17-14)10-9-13(16)7-4-2/h11-12H,3-10H2,1-2H3. The van der Waals surface area contributed by atoms with E-state index in [-0.39, 0.29) is 0 Å². The molecule has 0 amide bonds. The molecule has 0 spiro atoms. The topological polar surface area (TPSA) is 30.2 Å². The molecule has 2 heteroatoms. The summed E-state index contributed by atoms with van der Waals surface area (Å²) in [6.07, 6.45) is 7.73. The van der Waals surface area contributed by atoms with E-state index in [9.17, 15) is 4.79 Å².